The number of pyridine rings is 1. The third-order valence-electron chi connectivity index (χ3n) is 8.79. The van der Waals surface area contributed by atoms with Crippen molar-refractivity contribution < 1.29 is 14.3 Å². The second-order valence-electron chi connectivity index (χ2n) is 11.4. The molecule has 0 radical (unpaired) electrons. The highest BCUT2D eigenvalue weighted by Gasteiger charge is 2.54. The number of benzene rings is 3. The van der Waals surface area contributed by atoms with Gasteiger partial charge in [0.15, 0.2) is 0 Å². The zero-order valence-corrected chi connectivity index (χ0v) is 26.2. The minimum atomic E-state index is -1.33. The zero-order valence-electron chi connectivity index (χ0n) is 26.2. The van der Waals surface area contributed by atoms with Gasteiger partial charge < -0.3 is 18.9 Å². The van der Waals surface area contributed by atoms with Gasteiger partial charge in [0.2, 0.25) is 5.60 Å². The van der Waals surface area contributed by atoms with E-state index in [2.05, 4.69) is 78.8 Å². The Bertz CT molecular complexity index is 1770. The maximum atomic E-state index is 13.8. The van der Waals surface area contributed by atoms with Crippen LogP contribution in [0.4, 0.5) is 5.69 Å². The molecule has 0 amide bonds. The minimum absolute atomic E-state index is 0.390. The lowest BCUT2D eigenvalue weighted by molar-refractivity contribution is 0.0242. The molecule has 3 heterocycles. The molecule has 5 aromatic rings. The Kier molecular flexibility index (Phi) is 8.42. The molecule has 0 N–H and O–H groups in total. The number of aryl methyl sites for hydroxylation is 1. The number of anilines is 1. The normalized spacial score (nSPS) is 15.8. The Morgan fingerprint density at radius 2 is 1.61 bits per heavy atom. The number of methoxy groups -OCH3 is 1. The third-order valence-corrected chi connectivity index (χ3v) is 8.79. The SMILES string of the molecule is CCCCN(CCCC)c1ccc(C2(c3c(-c4ccccc4)n(CC)c4ccccc34)OC(=O)c3cccnc32)c(OC)c1. The van der Waals surface area contributed by atoms with Gasteiger partial charge in [-0.25, -0.2) is 4.79 Å². The van der Waals surface area contributed by atoms with E-state index < -0.39 is 5.60 Å². The molecule has 1 atom stereocenters. The first-order valence-electron chi connectivity index (χ1n) is 15.9. The summed E-state index contributed by atoms with van der Waals surface area (Å²) in [6.45, 7) is 9.29. The largest absolute Gasteiger partial charge is 0.496 e. The van der Waals surface area contributed by atoms with E-state index in [4.69, 9.17) is 14.5 Å². The number of ether oxygens (including phenoxy) is 2. The first kappa shape index (κ1) is 29.5. The molecule has 0 aliphatic carbocycles. The minimum Gasteiger partial charge on any atom is -0.496 e. The van der Waals surface area contributed by atoms with E-state index in [0.717, 1.165) is 84.3 Å². The smallest absolute Gasteiger partial charge is 0.341 e. The molecule has 0 fully saturated rings. The number of unbranched alkanes of at least 4 members (excludes halogenated alkanes) is 2. The molecule has 1 unspecified atom stereocenters. The van der Waals surface area contributed by atoms with Crippen LogP contribution in [0.5, 0.6) is 5.75 Å². The molecule has 6 rings (SSSR count). The van der Waals surface area contributed by atoms with Crippen LogP contribution in [0.1, 0.15) is 73.6 Å². The summed E-state index contributed by atoms with van der Waals surface area (Å²) in [5, 5.41) is 1.01. The third kappa shape index (κ3) is 4.83. The average molecular weight is 588 g/mol. The zero-order chi connectivity index (χ0) is 30.7. The Morgan fingerprint density at radius 1 is 0.886 bits per heavy atom. The van der Waals surface area contributed by atoms with E-state index in [-0.39, 0.29) is 5.97 Å². The molecule has 0 saturated carbocycles. The number of nitrogens with zero attached hydrogens (tertiary/aromatic N) is 3. The molecular weight excluding hydrogens is 546 g/mol. The Balaban J connectivity index is 1.69. The molecule has 0 saturated heterocycles. The summed E-state index contributed by atoms with van der Waals surface area (Å²) >= 11 is 0. The van der Waals surface area contributed by atoms with Crippen LogP contribution in [0, 0.1) is 0 Å². The molecule has 44 heavy (non-hydrogen) atoms. The highest BCUT2D eigenvalue weighted by molar-refractivity contribution is 6.00. The number of rotatable bonds is 12. The van der Waals surface area contributed by atoms with Crippen LogP contribution in [0.3, 0.4) is 0 Å². The predicted molar refractivity (Wildman–Crippen MR) is 178 cm³/mol. The van der Waals surface area contributed by atoms with Crippen molar-refractivity contribution in [1.29, 1.82) is 0 Å². The highest BCUT2D eigenvalue weighted by atomic mass is 16.6. The second-order valence-corrected chi connectivity index (χ2v) is 11.4. The highest BCUT2D eigenvalue weighted by Crippen LogP contribution is 2.54. The van der Waals surface area contributed by atoms with Crippen LogP contribution < -0.4 is 9.64 Å². The summed E-state index contributed by atoms with van der Waals surface area (Å²) in [7, 11) is 1.70. The number of cyclic esters (lactones) is 1. The molecule has 6 nitrogen and oxygen atoms in total. The fourth-order valence-corrected chi connectivity index (χ4v) is 6.70. The Hall–Kier alpha value is -4.58. The van der Waals surface area contributed by atoms with Crippen molar-refractivity contribution >= 4 is 22.6 Å². The monoisotopic (exact) mass is 587 g/mol. The molecule has 1 aliphatic heterocycles. The molecule has 2 aromatic heterocycles. The fraction of sp³-hybridized carbons (Fsp3) is 0.316. The lowest BCUT2D eigenvalue weighted by Crippen LogP contribution is -2.32. The molecule has 0 bridgehead atoms. The van der Waals surface area contributed by atoms with Crippen molar-refractivity contribution in [2.24, 2.45) is 0 Å². The number of hydrogen-bond acceptors (Lipinski definition) is 5. The number of carbonyl (C=O) groups excluding carboxylic acids is 1. The summed E-state index contributed by atoms with van der Waals surface area (Å²) < 4.78 is 15.2. The Labute approximate surface area is 260 Å². The van der Waals surface area contributed by atoms with Gasteiger partial charge in [-0.05, 0) is 55.7 Å². The van der Waals surface area contributed by atoms with E-state index in [1.54, 1.807) is 19.4 Å². The van der Waals surface area contributed by atoms with Gasteiger partial charge in [-0.15, -0.1) is 0 Å². The molecule has 226 valence electrons. The van der Waals surface area contributed by atoms with E-state index in [1.165, 1.54) is 0 Å². The van der Waals surface area contributed by atoms with Crippen LogP contribution in [-0.4, -0.2) is 35.7 Å². The van der Waals surface area contributed by atoms with E-state index in [0.29, 0.717) is 17.0 Å². The van der Waals surface area contributed by atoms with Gasteiger partial charge in [0.1, 0.15) is 11.4 Å². The van der Waals surface area contributed by atoms with Crippen molar-refractivity contribution in [3.8, 4) is 17.0 Å². The molecule has 1 aliphatic rings. The lowest BCUT2D eigenvalue weighted by atomic mass is 9.79. The van der Waals surface area contributed by atoms with Gasteiger partial charge in [0.25, 0.3) is 0 Å². The number of esters is 1. The topological polar surface area (TPSA) is 56.6 Å². The summed E-state index contributed by atoms with van der Waals surface area (Å²) in [5.74, 6) is 0.276. The Morgan fingerprint density at radius 3 is 2.32 bits per heavy atom. The number of para-hydroxylation sites is 1. The lowest BCUT2D eigenvalue weighted by Gasteiger charge is -2.33. The molecule has 6 heteroatoms. The number of hydrogen-bond donors (Lipinski definition) is 0. The summed E-state index contributed by atoms with van der Waals surface area (Å²) in [4.78, 5) is 21.1. The fourth-order valence-electron chi connectivity index (χ4n) is 6.70. The summed E-state index contributed by atoms with van der Waals surface area (Å²) in [5.41, 5.74) is 5.60. The van der Waals surface area contributed by atoms with E-state index >= 15 is 0 Å². The maximum Gasteiger partial charge on any atom is 0.341 e. The van der Waals surface area contributed by atoms with Gasteiger partial charge in [0.05, 0.1) is 18.4 Å². The summed E-state index contributed by atoms with van der Waals surface area (Å²) in [6, 6.07) is 28.7. The van der Waals surface area contributed by atoms with Gasteiger partial charge >= 0.3 is 5.97 Å². The van der Waals surface area contributed by atoms with Crippen LogP contribution in [-0.2, 0) is 16.9 Å². The van der Waals surface area contributed by atoms with Crippen LogP contribution in [0.2, 0.25) is 0 Å². The van der Waals surface area contributed by atoms with Gasteiger partial charge in [-0.1, -0.05) is 75.2 Å². The quantitative estimate of drug-likeness (QED) is 0.137. The first-order valence-corrected chi connectivity index (χ1v) is 15.9. The number of fused-ring (bicyclic) bond motifs is 2. The van der Waals surface area contributed by atoms with Crippen molar-refractivity contribution in [1.82, 2.24) is 9.55 Å². The maximum absolute atomic E-state index is 13.8. The van der Waals surface area contributed by atoms with E-state index in [1.807, 2.05) is 30.3 Å². The van der Waals surface area contributed by atoms with Crippen LogP contribution in [0.25, 0.3) is 22.2 Å². The van der Waals surface area contributed by atoms with E-state index in [9.17, 15) is 4.79 Å². The van der Waals surface area contributed by atoms with Crippen molar-refractivity contribution in [2.75, 3.05) is 25.1 Å². The van der Waals surface area contributed by atoms with Gasteiger partial charge in [-0.2, -0.15) is 0 Å². The number of carbonyl (C=O) groups is 1. The van der Waals surface area contributed by atoms with Gasteiger partial charge in [0, 0.05) is 59.6 Å². The van der Waals surface area contributed by atoms with Crippen LogP contribution in [0.15, 0.2) is 91.1 Å². The predicted octanol–water partition coefficient (Wildman–Crippen LogP) is 8.60. The average Bonchev–Trinajstić information content (AvgIpc) is 3.57. The standard InChI is InChI=1S/C38H41N3O3/c1-5-8-24-40(25-9-6-2)28-21-22-31(33(26-28)43-4)38(36-30(37(42)44-38)19-15-23-39-36)34-29-18-13-14-20-32(29)41(7-3)35(34)27-16-11-10-12-17-27/h10-23,26H,5-9,24-25H2,1-4H3. The van der Waals surface area contributed by atoms with Gasteiger partial charge in [-0.3, -0.25) is 4.98 Å². The molecule has 3 aromatic carbocycles. The van der Waals surface area contributed by atoms with Crippen LogP contribution >= 0.6 is 0 Å². The summed E-state index contributed by atoms with van der Waals surface area (Å²) in [6.07, 6.45) is 6.23. The molecule has 0 spiro atoms. The van der Waals surface area contributed by atoms with Crippen molar-refractivity contribution in [3.63, 3.8) is 0 Å². The molecular formula is C38H41N3O3. The first-order chi connectivity index (χ1) is 21.6. The number of aromatic nitrogens is 2. The van der Waals surface area contributed by atoms with Crippen molar-refractivity contribution in [3.05, 3.63) is 114 Å². The second kappa shape index (κ2) is 12.6. The van der Waals surface area contributed by atoms with Crippen molar-refractivity contribution in [2.45, 2.75) is 58.6 Å².